The first kappa shape index (κ1) is 21.2. The molecule has 1 N–H and O–H groups in total. The molecule has 0 spiro atoms. The largest absolute Gasteiger partial charge is 0.493 e. The number of hydrogen-bond donors (Lipinski definition) is 1. The van der Waals surface area contributed by atoms with Crippen molar-refractivity contribution >= 4 is 17.5 Å². The molecule has 0 bridgehead atoms. The molecule has 0 saturated heterocycles. The van der Waals surface area contributed by atoms with Crippen molar-refractivity contribution in [2.75, 3.05) is 32.2 Å². The van der Waals surface area contributed by atoms with E-state index in [2.05, 4.69) is 5.32 Å². The van der Waals surface area contributed by atoms with Gasteiger partial charge in [-0.2, -0.15) is 0 Å². The van der Waals surface area contributed by atoms with Crippen LogP contribution in [-0.4, -0.2) is 39.1 Å². The second-order valence-electron chi connectivity index (χ2n) is 6.16. The number of methoxy groups -OCH3 is 2. The number of amides is 2. The van der Waals surface area contributed by atoms with Crippen LogP contribution < -0.4 is 19.7 Å². The summed E-state index contributed by atoms with van der Waals surface area (Å²) in [6.07, 6.45) is 0.704. The Morgan fingerprint density at radius 3 is 2.43 bits per heavy atom. The molecule has 2 aromatic rings. The highest BCUT2D eigenvalue weighted by Crippen LogP contribution is 2.27. The summed E-state index contributed by atoms with van der Waals surface area (Å²) in [5, 5.41) is 2.81. The van der Waals surface area contributed by atoms with Gasteiger partial charge in [0.25, 0.3) is 0 Å². The summed E-state index contributed by atoms with van der Waals surface area (Å²) in [5.74, 6) is 0.263. The van der Waals surface area contributed by atoms with Gasteiger partial charge in [0.2, 0.25) is 11.8 Å². The first-order chi connectivity index (χ1) is 13.5. The van der Waals surface area contributed by atoms with E-state index in [1.54, 1.807) is 26.4 Å². The first-order valence-corrected chi connectivity index (χ1v) is 8.96. The van der Waals surface area contributed by atoms with Gasteiger partial charge in [-0.25, -0.2) is 4.39 Å². The molecule has 150 valence electrons. The van der Waals surface area contributed by atoms with E-state index in [-0.39, 0.29) is 30.5 Å². The summed E-state index contributed by atoms with van der Waals surface area (Å²) in [5.41, 5.74) is 1.17. The number of nitrogens with zero attached hydrogens (tertiary/aromatic N) is 1. The second-order valence-corrected chi connectivity index (χ2v) is 6.16. The van der Waals surface area contributed by atoms with Gasteiger partial charge in [0.1, 0.15) is 5.82 Å². The fourth-order valence-electron chi connectivity index (χ4n) is 2.80. The molecule has 0 aliphatic carbocycles. The Morgan fingerprint density at radius 2 is 1.79 bits per heavy atom. The highest BCUT2D eigenvalue weighted by atomic mass is 19.1. The third kappa shape index (κ3) is 5.70. The zero-order valence-electron chi connectivity index (χ0n) is 16.3. The summed E-state index contributed by atoms with van der Waals surface area (Å²) in [6.45, 7) is 1.90. The summed E-state index contributed by atoms with van der Waals surface area (Å²) in [7, 11) is 3.14. The van der Waals surface area contributed by atoms with E-state index in [4.69, 9.17) is 9.47 Å². The van der Waals surface area contributed by atoms with E-state index in [1.165, 1.54) is 24.0 Å². The van der Waals surface area contributed by atoms with Crippen LogP contribution in [-0.2, 0) is 16.0 Å². The third-order valence-corrected chi connectivity index (χ3v) is 4.27. The van der Waals surface area contributed by atoms with Gasteiger partial charge in [-0.15, -0.1) is 0 Å². The van der Waals surface area contributed by atoms with Crippen LogP contribution in [0.25, 0.3) is 0 Å². The average molecular weight is 388 g/mol. The Morgan fingerprint density at radius 1 is 1.07 bits per heavy atom. The molecule has 28 heavy (non-hydrogen) atoms. The van der Waals surface area contributed by atoms with Crippen molar-refractivity contribution < 1.29 is 23.5 Å². The van der Waals surface area contributed by atoms with Gasteiger partial charge >= 0.3 is 0 Å². The molecule has 0 atom stereocenters. The number of hydrogen-bond acceptors (Lipinski definition) is 4. The summed E-state index contributed by atoms with van der Waals surface area (Å²) >= 11 is 0. The van der Waals surface area contributed by atoms with Crippen LogP contribution in [0.15, 0.2) is 42.5 Å². The van der Waals surface area contributed by atoms with Crippen molar-refractivity contribution in [3.63, 3.8) is 0 Å². The van der Waals surface area contributed by atoms with Crippen LogP contribution in [0.4, 0.5) is 10.1 Å². The number of benzene rings is 2. The number of carbonyl (C=O) groups is 2. The summed E-state index contributed by atoms with van der Waals surface area (Å²) in [4.78, 5) is 25.2. The van der Waals surface area contributed by atoms with Gasteiger partial charge in [0.05, 0.1) is 19.9 Å². The molecule has 0 unspecified atom stereocenters. The number of carbonyl (C=O) groups excluding carboxylic acids is 2. The van der Waals surface area contributed by atoms with Crippen LogP contribution in [0.5, 0.6) is 11.5 Å². The Labute approximate surface area is 164 Å². The fraction of sp³-hybridized carbons (Fsp3) is 0.333. The lowest BCUT2D eigenvalue weighted by Gasteiger charge is -2.21. The fourth-order valence-corrected chi connectivity index (χ4v) is 2.80. The van der Waals surface area contributed by atoms with Gasteiger partial charge < -0.3 is 19.7 Å². The Bertz CT molecular complexity index is 826. The number of para-hydroxylation sites is 1. The maximum atomic E-state index is 13.9. The molecule has 7 heteroatoms. The molecule has 2 aromatic carbocycles. The van der Waals surface area contributed by atoms with Crippen LogP contribution >= 0.6 is 0 Å². The lowest BCUT2D eigenvalue weighted by molar-refractivity contribution is -0.121. The molecule has 2 amide bonds. The molecule has 0 saturated carbocycles. The molecular formula is C21H25FN2O4. The zero-order chi connectivity index (χ0) is 20.5. The smallest absolute Gasteiger partial charge is 0.223 e. The highest BCUT2D eigenvalue weighted by molar-refractivity contribution is 5.92. The molecule has 0 fully saturated rings. The van der Waals surface area contributed by atoms with E-state index in [0.717, 1.165) is 5.56 Å². The highest BCUT2D eigenvalue weighted by Gasteiger charge is 2.16. The standard InChI is InChI=1S/C21H25FN2O4/c1-15(25)24(18-7-5-4-6-17(18)22)13-11-21(26)23-12-10-16-8-9-19(27-2)20(14-16)28-3/h4-9,14H,10-13H2,1-3H3,(H,23,26). The molecule has 0 heterocycles. The van der Waals surface area contributed by atoms with E-state index in [1.807, 2.05) is 18.2 Å². The predicted octanol–water partition coefficient (Wildman–Crippen LogP) is 2.94. The van der Waals surface area contributed by atoms with Gasteiger partial charge in [0.15, 0.2) is 11.5 Å². The van der Waals surface area contributed by atoms with Crippen LogP contribution in [0.3, 0.4) is 0 Å². The van der Waals surface area contributed by atoms with Crippen LogP contribution in [0.1, 0.15) is 18.9 Å². The van der Waals surface area contributed by atoms with Crippen LogP contribution in [0, 0.1) is 5.82 Å². The van der Waals surface area contributed by atoms with E-state index in [9.17, 15) is 14.0 Å². The van der Waals surface area contributed by atoms with Crippen molar-refractivity contribution in [1.82, 2.24) is 5.32 Å². The molecule has 0 aliphatic rings. The predicted molar refractivity (Wildman–Crippen MR) is 105 cm³/mol. The average Bonchev–Trinajstić information content (AvgIpc) is 2.69. The Balaban J connectivity index is 1.85. The SMILES string of the molecule is COc1ccc(CCNC(=O)CCN(C(C)=O)c2ccccc2F)cc1OC. The number of nitrogens with one attached hydrogen (secondary N) is 1. The van der Waals surface area contributed by atoms with Crippen molar-refractivity contribution in [2.45, 2.75) is 19.8 Å². The van der Waals surface area contributed by atoms with Gasteiger partial charge in [-0.3, -0.25) is 9.59 Å². The number of rotatable bonds is 9. The molecule has 0 radical (unpaired) electrons. The second kappa shape index (κ2) is 10.3. The Kier molecular flexibility index (Phi) is 7.80. The minimum Gasteiger partial charge on any atom is -0.493 e. The molecule has 2 rings (SSSR count). The van der Waals surface area contributed by atoms with Gasteiger partial charge in [-0.1, -0.05) is 18.2 Å². The van der Waals surface area contributed by atoms with Gasteiger partial charge in [0, 0.05) is 26.4 Å². The lowest BCUT2D eigenvalue weighted by Crippen LogP contribution is -2.34. The van der Waals surface area contributed by atoms with Crippen LogP contribution in [0.2, 0.25) is 0 Å². The normalized spacial score (nSPS) is 10.3. The first-order valence-electron chi connectivity index (χ1n) is 8.96. The van der Waals surface area contributed by atoms with Crippen molar-refractivity contribution in [3.05, 3.63) is 53.8 Å². The number of ether oxygens (including phenoxy) is 2. The quantitative estimate of drug-likeness (QED) is 0.717. The molecular weight excluding hydrogens is 363 g/mol. The van der Waals surface area contributed by atoms with Crippen molar-refractivity contribution in [2.24, 2.45) is 0 Å². The minimum absolute atomic E-state index is 0.0832. The van der Waals surface area contributed by atoms with E-state index in [0.29, 0.717) is 24.5 Å². The maximum absolute atomic E-state index is 13.9. The zero-order valence-corrected chi connectivity index (χ0v) is 16.3. The lowest BCUT2D eigenvalue weighted by atomic mass is 10.1. The monoisotopic (exact) mass is 388 g/mol. The third-order valence-electron chi connectivity index (χ3n) is 4.27. The Hall–Kier alpha value is -3.09. The maximum Gasteiger partial charge on any atom is 0.223 e. The topological polar surface area (TPSA) is 67.9 Å². The van der Waals surface area contributed by atoms with Gasteiger partial charge in [-0.05, 0) is 36.2 Å². The molecule has 6 nitrogen and oxygen atoms in total. The van der Waals surface area contributed by atoms with E-state index < -0.39 is 5.82 Å². The summed E-state index contributed by atoms with van der Waals surface area (Å²) < 4.78 is 24.4. The molecule has 0 aromatic heterocycles. The van der Waals surface area contributed by atoms with Crippen molar-refractivity contribution in [3.8, 4) is 11.5 Å². The minimum atomic E-state index is -0.494. The summed E-state index contributed by atoms with van der Waals surface area (Å²) in [6, 6.07) is 11.6. The van der Waals surface area contributed by atoms with Crippen molar-refractivity contribution in [1.29, 1.82) is 0 Å². The molecule has 0 aliphatic heterocycles. The van der Waals surface area contributed by atoms with E-state index >= 15 is 0 Å². The number of halogens is 1. The number of anilines is 1.